The van der Waals surface area contributed by atoms with Gasteiger partial charge in [-0.1, -0.05) is 13.3 Å². The monoisotopic (exact) mass is 355 g/mol. The van der Waals surface area contributed by atoms with Crippen molar-refractivity contribution in [3.05, 3.63) is 32.8 Å². The Labute approximate surface area is 131 Å². The Morgan fingerprint density at radius 3 is 2.95 bits per heavy atom. The summed E-state index contributed by atoms with van der Waals surface area (Å²) in [6.07, 6.45) is 3.00. The number of halogens is 1. The van der Waals surface area contributed by atoms with Crippen molar-refractivity contribution in [3.63, 3.8) is 0 Å². The van der Waals surface area contributed by atoms with Gasteiger partial charge in [-0.2, -0.15) is 0 Å². The number of benzene rings is 1. The minimum Gasteiger partial charge on any atom is -0.324 e. The maximum atomic E-state index is 12.3. The number of carbonyl (C=O) groups excluding carboxylic acids is 1. The van der Waals surface area contributed by atoms with Crippen LogP contribution in [0.1, 0.15) is 26.2 Å². The van der Waals surface area contributed by atoms with Crippen molar-refractivity contribution in [2.45, 2.75) is 32.2 Å². The van der Waals surface area contributed by atoms with Gasteiger partial charge in [-0.15, -0.1) is 0 Å². The molecule has 0 spiro atoms. The second-order valence-corrected chi connectivity index (χ2v) is 6.07. The summed E-state index contributed by atoms with van der Waals surface area (Å²) >= 11 is 3.25. The SMILES string of the molecule is CCC1CCNC(C(=O)Nc2ccc([N+](=O)[O-])cc2Br)C1. The first-order valence-corrected chi connectivity index (χ1v) is 7.78. The number of nitrogens with zero attached hydrogens (tertiary/aromatic N) is 1. The Morgan fingerprint density at radius 1 is 1.57 bits per heavy atom. The van der Waals surface area contributed by atoms with E-state index in [0.717, 1.165) is 25.8 Å². The molecule has 2 unspecified atom stereocenters. The van der Waals surface area contributed by atoms with E-state index in [1.807, 2.05) is 0 Å². The Bertz CT molecular complexity index is 550. The average Bonchev–Trinajstić information content (AvgIpc) is 2.49. The molecule has 0 radical (unpaired) electrons. The fourth-order valence-electron chi connectivity index (χ4n) is 2.51. The number of rotatable bonds is 4. The highest BCUT2D eigenvalue weighted by Gasteiger charge is 2.26. The highest BCUT2D eigenvalue weighted by molar-refractivity contribution is 9.10. The van der Waals surface area contributed by atoms with Crippen LogP contribution in [0.2, 0.25) is 0 Å². The lowest BCUT2D eigenvalue weighted by Gasteiger charge is -2.28. The molecule has 2 rings (SSSR count). The number of non-ortho nitro benzene ring substituents is 1. The third kappa shape index (κ3) is 4.01. The van der Waals surface area contributed by atoms with Gasteiger partial charge in [0.15, 0.2) is 0 Å². The normalized spacial score (nSPS) is 21.8. The van der Waals surface area contributed by atoms with Gasteiger partial charge in [0, 0.05) is 16.6 Å². The van der Waals surface area contributed by atoms with Gasteiger partial charge in [-0.3, -0.25) is 14.9 Å². The van der Waals surface area contributed by atoms with Crippen LogP contribution in [0.3, 0.4) is 0 Å². The summed E-state index contributed by atoms with van der Waals surface area (Å²) < 4.78 is 0.507. The second-order valence-electron chi connectivity index (χ2n) is 5.22. The highest BCUT2D eigenvalue weighted by Crippen LogP contribution is 2.28. The molecule has 21 heavy (non-hydrogen) atoms. The van der Waals surface area contributed by atoms with Crippen molar-refractivity contribution < 1.29 is 9.72 Å². The molecule has 0 saturated carbocycles. The summed E-state index contributed by atoms with van der Waals surface area (Å²) in [5.74, 6) is 0.477. The van der Waals surface area contributed by atoms with Crippen LogP contribution in [0.15, 0.2) is 22.7 Å². The van der Waals surface area contributed by atoms with Crippen LogP contribution in [0.25, 0.3) is 0 Å². The summed E-state index contributed by atoms with van der Waals surface area (Å²) in [5.41, 5.74) is 0.535. The molecule has 0 bridgehead atoms. The zero-order chi connectivity index (χ0) is 15.4. The minimum atomic E-state index is -0.467. The van der Waals surface area contributed by atoms with Crippen molar-refractivity contribution in [3.8, 4) is 0 Å². The number of hydrogen-bond acceptors (Lipinski definition) is 4. The molecule has 2 N–H and O–H groups in total. The third-order valence-electron chi connectivity index (χ3n) is 3.83. The third-order valence-corrected chi connectivity index (χ3v) is 4.48. The minimum absolute atomic E-state index is 0.0123. The van der Waals surface area contributed by atoms with Crippen molar-refractivity contribution in [1.29, 1.82) is 0 Å². The summed E-state index contributed by atoms with van der Waals surface area (Å²) in [7, 11) is 0. The van der Waals surface area contributed by atoms with Gasteiger partial charge in [-0.25, -0.2) is 0 Å². The molecular weight excluding hydrogens is 338 g/mol. The Balaban J connectivity index is 2.04. The molecule has 1 aromatic rings. The van der Waals surface area contributed by atoms with E-state index < -0.39 is 4.92 Å². The van der Waals surface area contributed by atoms with Gasteiger partial charge in [0.2, 0.25) is 5.91 Å². The lowest BCUT2D eigenvalue weighted by molar-refractivity contribution is -0.384. The maximum absolute atomic E-state index is 12.3. The standard InChI is InChI=1S/C14H18BrN3O3/c1-2-9-5-6-16-13(7-9)14(19)17-12-4-3-10(18(20)21)8-11(12)15/h3-4,8-9,13,16H,2,5-7H2,1H3,(H,17,19). The van der Waals surface area contributed by atoms with E-state index in [0.29, 0.717) is 16.1 Å². The first kappa shape index (κ1) is 15.9. The van der Waals surface area contributed by atoms with Crippen molar-refractivity contribution >= 4 is 33.2 Å². The van der Waals surface area contributed by atoms with E-state index in [4.69, 9.17) is 0 Å². The fourth-order valence-corrected chi connectivity index (χ4v) is 2.97. The van der Waals surface area contributed by atoms with Gasteiger partial charge >= 0.3 is 0 Å². The van der Waals surface area contributed by atoms with Gasteiger partial charge in [0.1, 0.15) is 0 Å². The predicted octanol–water partition coefficient (Wildman–Crippen LogP) is 3.07. The number of nitro groups is 1. The van der Waals surface area contributed by atoms with Gasteiger partial charge in [0.25, 0.3) is 5.69 Å². The molecule has 1 aliphatic heterocycles. The molecular formula is C14H18BrN3O3. The molecule has 0 aliphatic carbocycles. The summed E-state index contributed by atoms with van der Waals surface area (Å²) in [6, 6.07) is 4.11. The molecule has 0 aromatic heterocycles. The summed E-state index contributed by atoms with van der Waals surface area (Å²) in [6.45, 7) is 2.98. The molecule has 2 atom stereocenters. The summed E-state index contributed by atoms with van der Waals surface area (Å²) in [4.78, 5) is 22.5. The fraction of sp³-hybridized carbons (Fsp3) is 0.500. The second kappa shape index (κ2) is 7.00. The van der Waals surface area contributed by atoms with Crippen molar-refractivity contribution in [2.75, 3.05) is 11.9 Å². The molecule has 1 aromatic carbocycles. The number of piperidine rings is 1. The lowest BCUT2D eigenvalue weighted by Crippen LogP contribution is -2.46. The first-order chi connectivity index (χ1) is 10.0. The molecule has 1 amide bonds. The molecule has 114 valence electrons. The van der Waals surface area contributed by atoms with E-state index in [1.165, 1.54) is 12.1 Å². The molecule has 1 aliphatic rings. The van der Waals surface area contributed by atoms with Crippen LogP contribution in [-0.4, -0.2) is 23.4 Å². The quantitative estimate of drug-likeness (QED) is 0.641. The van der Waals surface area contributed by atoms with E-state index in [1.54, 1.807) is 6.07 Å². The van der Waals surface area contributed by atoms with Crippen LogP contribution < -0.4 is 10.6 Å². The lowest BCUT2D eigenvalue weighted by atomic mass is 9.90. The Hall–Kier alpha value is -1.47. The van der Waals surface area contributed by atoms with Crippen molar-refractivity contribution in [1.82, 2.24) is 5.32 Å². The molecule has 6 nitrogen and oxygen atoms in total. The van der Waals surface area contributed by atoms with E-state index >= 15 is 0 Å². The van der Waals surface area contributed by atoms with Crippen LogP contribution in [0, 0.1) is 16.0 Å². The molecule has 7 heteroatoms. The van der Waals surface area contributed by atoms with Crippen LogP contribution in [0.4, 0.5) is 11.4 Å². The highest BCUT2D eigenvalue weighted by atomic mass is 79.9. The molecule has 1 saturated heterocycles. The Kier molecular flexibility index (Phi) is 5.30. The van der Waals surface area contributed by atoms with E-state index in [-0.39, 0.29) is 17.6 Å². The van der Waals surface area contributed by atoms with Crippen LogP contribution in [-0.2, 0) is 4.79 Å². The van der Waals surface area contributed by atoms with Crippen molar-refractivity contribution in [2.24, 2.45) is 5.92 Å². The summed E-state index contributed by atoms with van der Waals surface area (Å²) in [5, 5.41) is 16.7. The zero-order valence-electron chi connectivity index (χ0n) is 11.8. The topological polar surface area (TPSA) is 84.3 Å². The van der Waals surface area contributed by atoms with Crippen LogP contribution >= 0.6 is 15.9 Å². The number of anilines is 1. The van der Waals surface area contributed by atoms with Crippen LogP contribution in [0.5, 0.6) is 0 Å². The van der Waals surface area contributed by atoms with E-state index in [9.17, 15) is 14.9 Å². The number of nitro benzene ring substituents is 1. The predicted molar refractivity (Wildman–Crippen MR) is 84.2 cm³/mol. The zero-order valence-corrected chi connectivity index (χ0v) is 13.4. The molecule has 1 heterocycles. The van der Waals surface area contributed by atoms with E-state index in [2.05, 4.69) is 33.5 Å². The van der Waals surface area contributed by atoms with Gasteiger partial charge in [-0.05, 0) is 47.3 Å². The number of hydrogen-bond donors (Lipinski definition) is 2. The average molecular weight is 356 g/mol. The maximum Gasteiger partial charge on any atom is 0.270 e. The molecule has 1 fully saturated rings. The smallest absolute Gasteiger partial charge is 0.270 e. The van der Waals surface area contributed by atoms with Gasteiger partial charge < -0.3 is 10.6 Å². The number of carbonyl (C=O) groups is 1. The largest absolute Gasteiger partial charge is 0.324 e. The Morgan fingerprint density at radius 2 is 2.33 bits per heavy atom. The number of amides is 1. The first-order valence-electron chi connectivity index (χ1n) is 6.99. The number of nitrogens with one attached hydrogen (secondary N) is 2. The van der Waals surface area contributed by atoms with Gasteiger partial charge in [0.05, 0.1) is 16.7 Å².